The zero-order chi connectivity index (χ0) is 24.5. The van der Waals surface area contributed by atoms with Gasteiger partial charge in [0.1, 0.15) is 5.75 Å². The molecule has 0 saturated heterocycles. The first-order chi connectivity index (χ1) is 17.0. The monoisotopic (exact) mass is 505 g/mol. The first-order valence-electron chi connectivity index (χ1n) is 11.8. The van der Waals surface area contributed by atoms with Crippen molar-refractivity contribution in [3.63, 3.8) is 0 Å². The third-order valence-electron chi connectivity index (χ3n) is 6.74. The highest BCUT2D eigenvalue weighted by Gasteiger charge is 2.43. The number of rotatable bonds is 5. The summed E-state index contributed by atoms with van der Waals surface area (Å²) in [6.45, 7) is 2.38. The lowest BCUT2D eigenvalue weighted by Gasteiger charge is -2.41. The van der Waals surface area contributed by atoms with Gasteiger partial charge in [0.2, 0.25) is 5.91 Å². The van der Waals surface area contributed by atoms with Crippen molar-refractivity contribution in [2.24, 2.45) is 0 Å². The van der Waals surface area contributed by atoms with Crippen molar-refractivity contribution in [3.8, 4) is 5.75 Å². The summed E-state index contributed by atoms with van der Waals surface area (Å²) in [7, 11) is 0. The lowest BCUT2D eigenvalue weighted by Crippen LogP contribution is -2.42. The molecule has 2 aliphatic rings. The third-order valence-corrected chi connectivity index (χ3v) is 7.31. The van der Waals surface area contributed by atoms with Crippen LogP contribution in [0, 0.1) is 0 Å². The number of nitrogens with zero attached hydrogens (tertiary/aromatic N) is 1. The Labute approximate surface area is 215 Å². The number of carbonyl (C=O) groups excluding carboxylic acids is 2. The highest BCUT2D eigenvalue weighted by Crippen LogP contribution is 2.49. The zero-order valence-corrected chi connectivity index (χ0v) is 20.9. The summed E-state index contributed by atoms with van der Waals surface area (Å²) in [6.07, 6.45) is 1.10. The number of para-hydroxylation sites is 2. The van der Waals surface area contributed by atoms with Gasteiger partial charge in [-0.15, -0.1) is 0 Å². The number of ketones is 1. The molecule has 3 aromatic carbocycles. The van der Waals surface area contributed by atoms with Crippen molar-refractivity contribution in [1.82, 2.24) is 0 Å². The standard InChI is InChI=1S/C29H25Cl2NO3/c1-2-35-27-11-7-6-10-24(27)32-25-14-19(18-8-4-3-5-9-18)15-26(33)29(25)22(17-28(32)34)21-13-12-20(30)16-23(21)31/h3-13,16,19,22H,2,14-15,17H2,1H3. The Morgan fingerprint density at radius 1 is 0.914 bits per heavy atom. The van der Waals surface area contributed by atoms with Crippen molar-refractivity contribution < 1.29 is 14.3 Å². The van der Waals surface area contributed by atoms with E-state index in [1.165, 1.54) is 0 Å². The van der Waals surface area contributed by atoms with Crippen LogP contribution < -0.4 is 9.64 Å². The molecule has 0 radical (unpaired) electrons. The van der Waals surface area contributed by atoms with Gasteiger partial charge in [-0.3, -0.25) is 14.5 Å². The second-order valence-corrected chi connectivity index (χ2v) is 9.70. The normalized spacial score (nSPS) is 20.1. The van der Waals surface area contributed by atoms with Gasteiger partial charge >= 0.3 is 0 Å². The summed E-state index contributed by atoms with van der Waals surface area (Å²) in [5, 5.41) is 0.977. The molecule has 4 nitrogen and oxygen atoms in total. The predicted molar refractivity (Wildman–Crippen MR) is 139 cm³/mol. The van der Waals surface area contributed by atoms with Crippen LogP contribution in [0.2, 0.25) is 10.0 Å². The van der Waals surface area contributed by atoms with Crippen LogP contribution >= 0.6 is 23.2 Å². The van der Waals surface area contributed by atoms with Gasteiger partial charge in [0.15, 0.2) is 5.78 Å². The van der Waals surface area contributed by atoms with E-state index in [4.69, 9.17) is 27.9 Å². The molecule has 5 rings (SSSR count). The van der Waals surface area contributed by atoms with Crippen LogP contribution in [0.4, 0.5) is 5.69 Å². The van der Waals surface area contributed by atoms with Crippen molar-refractivity contribution in [3.05, 3.63) is 105 Å². The summed E-state index contributed by atoms with van der Waals surface area (Å²) in [5.74, 6) is 0.141. The molecule has 3 aromatic rings. The molecule has 1 heterocycles. The minimum atomic E-state index is -0.415. The highest BCUT2D eigenvalue weighted by atomic mass is 35.5. The molecule has 0 bridgehead atoms. The third kappa shape index (κ3) is 4.49. The van der Waals surface area contributed by atoms with Crippen LogP contribution in [0.1, 0.15) is 49.1 Å². The molecule has 1 amide bonds. The minimum Gasteiger partial charge on any atom is -0.492 e. The molecule has 178 valence electrons. The number of ether oxygens (including phenoxy) is 1. The Kier molecular flexibility index (Phi) is 6.68. The molecule has 0 fully saturated rings. The fourth-order valence-electron chi connectivity index (χ4n) is 5.25. The first-order valence-corrected chi connectivity index (χ1v) is 12.5. The molecule has 0 saturated carbocycles. The second-order valence-electron chi connectivity index (χ2n) is 8.85. The van der Waals surface area contributed by atoms with Gasteiger partial charge < -0.3 is 4.74 Å². The van der Waals surface area contributed by atoms with E-state index in [9.17, 15) is 9.59 Å². The molecule has 35 heavy (non-hydrogen) atoms. The van der Waals surface area contributed by atoms with E-state index in [0.717, 1.165) is 16.8 Å². The Morgan fingerprint density at radius 3 is 2.40 bits per heavy atom. The maximum absolute atomic E-state index is 13.8. The Morgan fingerprint density at radius 2 is 1.66 bits per heavy atom. The number of Topliss-reactive ketones (excluding diaryl/α,β-unsaturated/α-hetero) is 1. The predicted octanol–water partition coefficient (Wildman–Crippen LogP) is 7.31. The average Bonchev–Trinajstić information content (AvgIpc) is 2.85. The summed E-state index contributed by atoms with van der Waals surface area (Å²) in [5.41, 5.74) is 3.89. The highest BCUT2D eigenvalue weighted by molar-refractivity contribution is 6.35. The molecule has 0 aromatic heterocycles. The topological polar surface area (TPSA) is 46.6 Å². The number of carbonyl (C=O) groups is 2. The lowest BCUT2D eigenvalue weighted by atomic mass is 9.72. The van der Waals surface area contributed by atoms with Crippen LogP contribution in [-0.4, -0.2) is 18.3 Å². The van der Waals surface area contributed by atoms with Gasteiger partial charge in [-0.05, 0) is 54.7 Å². The van der Waals surface area contributed by atoms with Crippen LogP contribution in [0.25, 0.3) is 0 Å². The van der Waals surface area contributed by atoms with E-state index in [-0.39, 0.29) is 24.0 Å². The fourth-order valence-corrected chi connectivity index (χ4v) is 5.79. The molecule has 0 N–H and O–H groups in total. The van der Waals surface area contributed by atoms with Crippen LogP contribution in [0.3, 0.4) is 0 Å². The molecule has 1 aliphatic heterocycles. The van der Waals surface area contributed by atoms with Crippen molar-refractivity contribution in [1.29, 1.82) is 0 Å². The van der Waals surface area contributed by atoms with Gasteiger partial charge in [0.05, 0.1) is 12.3 Å². The van der Waals surface area contributed by atoms with E-state index in [1.807, 2.05) is 67.6 Å². The molecule has 1 aliphatic carbocycles. The molecular weight excluding hydrogens is 481 g/mol. The van der Waals surface area contributed by atoms with Gasteiger partial charge in [-0.2, -0.15) is 0 Å². The lowest BCUT2D eigenvalue weighted by molar-refractivity contribution is -0.120. The van der Waals surface area contributed by atoms with Gasteiger partial charge in [-0.25, -0.2) is 0 Å². The molecule has 2 atom stereocenters. The van der Waals surface area contributed by atoms with E-state index >= 15 is 0 Å². The van der Waals surface area contributed by atoms with Gasteiger partial charge in [0, 0.05) is 40.1 Å². The number of anilines is 1. The van der Waals surface area contributed by atoms with Gasteiger partial charge in [-0.1, -0.05) is 71.7 Å². The summed E-state index contributed by atoms with van der Waals surface area (Å²) in [4.78, 5) is 29.2. The molecule has 2 unspecified atom stereocenters. The van der Waals surface area contributed by atoms with Crippen molar-refractivity contribution in [2.75, 3.05) is 11.5 Å². The van der Waals surface area contributed by atoms with E-state index in [0.29, 0.717) is 46.5 Å². The van der Waals surface area contributed by atoms with E-state index < -0.39 is 5.92 Å². The van der Waals surface area contributed by atoms with Crippen molar-refractivity contribution in [2.45, 2.75) is 38.0 Å². The Balaban J connectivity index is 1.69. The average molecular weight is 506 g/mol. The number of hydrogen-bond donors (Lipinski definition) is 0. The number of halogens is 2. The van der Waals surface area contributed by atoms with E-state index in [2.05, 4.69) is 0 Å². The number of hydrogen-bond acceptors (Lipinski definition) is 3. The molecular formula is C29H25Cl2NO3. The minimum absolute atomic E-state index is 0.0172. The summed E-state index contributed by atoms with van der Waals surface area (Å²) >= 11 is 12.7. The Bertz CT molecular complexity index is 1320. The second kappa shape index (κ2) is 9.88. The molecule has 0 spiro atoms. The molecule has 6 heteroatoms. The number of amides is 1. The largest absolute Gasteiger partial charge is 0.492 e. The first kappa shape index (κ1) is 23.7. The zero-order valence-electron chi connectivity index (χ0n) is 19.3. The van der Waals surface area contributed by atoms with Crippen LogP contribution in [0.15, 0.2) is 84.1 Å². The maximum atomic E-state index is 13.8. The van der Waals surface area contributed by atoms with E-state index in [1.54, 1.807) is 17.0 Å². The number of allylic oxidation sites excluding steroid dienone is 2. The number of benzene rings is 3. The summed E-state index contributed by atoms with van der Waals surface area (Å²) < 4.78 is 5.86. The Hall–Kier alpha value is -3.08. The van der Waals surface area contributed by atoms with Gasteiger partial charge in [0.25, 0.3) is 0 Å². The quantitative estimate of drug-likeness (QED) is 0.365. The van der Waals surface area contributed by atoms with Crippen LogP contribution in [0.5, 0.6) is 5.75 Å². The maximum Gasteiger partial charge on any atom is 0.232 e. The fraction of sp³-hybridized carbons (Fsp3) is 0.241. The van der Waals surface area contributed by atoms with Crippen LogP contribution in [-0.2, 0) is 9.59 Å². The summed E-state index contributed by atoms with van der Waals surface area (Å²) in [6, 6.07) is 22.8. The SMILES string of the molecule is CCOc1ccccc1N1C(=O)CC(c2ccc(Cl)cc2Cl)C2=C1CC(c1ccccc1)CC2=O. The van der Waals surface area contributed by atoms with Crippen molar-refractivity contribution >= 4 is 40.6 Å². The smallest absolute Gasteiger partial charge is 0.232 e.